The molecule has 0 unspecified atom stereocenters. The van der Waals surface area contributed by atoms with E-state index >= 15 is 0 Å². The zero-order chi connectivity index (χ0) is 13.8. The van der Waals surface area contributed by atoms with Crippen LogP contribution in [0.1, 0.15) is 34.7 Å². The van der Waals surface area contributed by atoms with E-state index in [2.05, 4.69) is 28.3 Å². The molecule has 2 rings (SSSR count). The highest BCUT2D eigenvalue weighted by atomic mass is 32.1. The lowest BCUT2D eigenvalue weighted by Gasteiger charge is -2.13. The number of nitriles is 1. The molecular formula is C14H16N4S. The SMILES string of the molecule is Cc1cc(C)c(C#N)c(NC[C@H](C)c2nccs2)n1. The molecule has 0 aliphatic heterocycles. The third kappa shape index (κ3) is 3.09. The van der Waals surface area contributed by atoms with Crippen LogP contribution in [0.3, 0.4) is 0 Å². The number of hydrogen-bond acceptors (Lipinski definition) is 5. The quantitative estimate of drug-likeness (QED) is 0.928. The average molecular weight is 272 g/mol. The Balaban J connectivity index is 2.14. The summed E-state index contributed by atoms with van der Waals surface area (Å²) in [6.45, 7) is 6.70. The maximum atomic E-state index is 9.20. The fourth-order valence-corrected chi connectivity index (χ4v) is 2.62. The van der Waals surface area contributed by atoms with E-state index in [0.717, 1.165) is 22.8 Å². The fraction of sp³-hybridized carbons (Fsp3) is 0.357. The Labute approximate surface area is 117 Å². The minimum absolute atomic E-state index is 0.300. The Morgan fingerprint density at radius 1 is 1.47 bits per heavy atom. The average Bonchev–Trinajstić information content (AvgIpc) is 2.89. The van der Waals surface area contributed by atoms with Gasteiger partial charge in [0.05, 0.1) is 10.6 Å². The van der Waals surface area contributed by atoms with E-state index in [1.165, 1.54) is 0 Å². The molecule has 0 spiro atoms. The first-order valence-corrected chi connectivity index (χ1v) is 7.01. The molecule has 2 heterocycles. The smallest absolute Gasteiger partial charge is 0.144 e. The summed E-state index contributed by atoms with van der Waals surface area (Å²) in [6, 6.07) is 4.14. The highest BCUT2D eigenvalue weighted by molar-refractivity contribution is 7.09. The molecule has 0 radical (unpaired) electrons. The lowest BCUT2D eigenvalue weighted by molar-refractivity contribution is 0.791. The van der Waals surface area contributed by atoms with Crippen LogP contribution in [0.5, 0.6) is 0 Å². The van der Waals surface area contributed by atoms with Crippen molar-refractivity contribution >= 4 is 17.2 Å². The van der Waals surface area contributed by atoms with Crippen molar-refractivity contribution in [1.82, 2.24) is 9.97 Å². The summed E-state index contributed by atoms with van der Waals surface area (Å²) in [7, 11) is 0. The fourth-order valence-electron chi connectivity index (χ4n) is 1.92. The van der Waals surface area contributed by atoms with Crippen LogP contribution in [-0.4, -0.2) is 16.5 Å². The van der Waals surface area contributed by atoms with Gasteiger partial charge in [0.25, 0.3) is 0 Å². The number of rotatable bonds is 4. The number of thiazole rings is 1. The van der Waals surface area contributed by atoms with E-state index in [0.29, 0.717) is 17.3 Å². The monoisotopic (exact) mass is 272 g/mol. The van der Waals surface area contributed by atoms with Crippen molar-refractivity contribution in [3.8, 4) is 6.07 Å². The van der Waals surface area contributed by atoms with E-state index < -0.39 is 0 Å². The molecule has 19 heavy (non-hydrogen) atoms. The third-order valence-corrected chi connectivity index (χ3v) is 3.91. The second kappa shape index (κ2) is 5.81. The zero-order valence-corrected chi connectivity index (χ0v) is 12.1. The van der Waals surface area contributed by atoms with Gasteiger partial charge in [0.15, 0.2) is 0 Å². The van der Waals surface area contributed by atoms with Crippen LogP contribution in [0.2, 0.25) is 0 Å². The summed E-state index contributed by atoms with van der Waals surface area (Å²) in [6.07, 6.45) is 1.81. The molecule has 0 saturated heterocycles. The number of aryl methyl sites for hydroxylation is 2. The molecule has 1 atom stereocenters. The highest BCUT2D eigenvalue weighted by Crippen LogP contribution is 2.21. The van der Waals surface area contributed by atoms with Gasteiger partial charge in [-0.25, -0.2) is 9.97 Å². The lowest BCUT2D eigenvalue weighted by atomic mass is 10.1. The number of nitrogens with one attached hydrogen (secondary N) is 1. The summed E-state index contributed by atoms with van der Waals surface area (Å²) in [5, 5.41) is 15.5. The number of pyridine rings is 1. The predicted molar refractivity (Wildman–Crippen MR) is 77.4 cm³/mol. The molecule has 0 fully saturated rings. The largest absolute Gasteiger partial charge is 0.368 e. The number of anilines is 1. The normalized spacial score (nSPS) is 11.9. The van der Waals surface area contributed by atoms with Crippen LogP contribution in [-0.2, 0) is 0 Å². The topological polar surface area (TPSA) is 61.6 Å². The van der Waals surface area contributed by atoms with Crippen molar-refractivity contribution in [2.75, 3.05) is 11.9 Å². The third-order valence-electron chi connectivity index (χ3n) is 2.91. The van der Waals surface area contributed by atoms with Gasteiger partial charge in [-0.3, -0.25) is 0 Å². The van der Waals surface area contributed by atoms with Crippen molar-refractivity contribution in [2.24, 2.45) is 0 Å². The summed E-state index contributed by atoms with van der Waals surface area (Å²) in [5.74, 6) is 0.970. The predicted octanol–water partition coefficient (Wildman–Crippen LogP) is 3.24. The van der Waals surface area contributed by atoms with Crippen LogP contribution >= 0.6 is 11.3 Å². The van der Waals surface area contributed by atoms with Crippen LogP contribution in [0.4, 0.5) is 5.82 Å². The Kier molecular flexibility index (Phi) is 4.13. The minimum atomic E-state index is 0.300. The standard InChI is InChI=1S/C14H16N4S/c1-9-6-11(3)18-13(12(9)7-15)17-8-10(2)14-16-4-5-19-14/h4-6,10H,8H2,1-3H3,(H,17,18)/t10-/m0/s1. The van der Waals surface area contributed by atoms with Gasteiger partial charge < -0.3 is 5.32 Å². The molecule has 0 bridgehead atoms. The van der Waals surface area contributed by atoms with Crippen molar-refractivity contribution in [3.05, 3.63) is 39.5 Å². The number of hydrogen-bond donors (Lipinski definition) is 1. The first-order valence-electron chi connectivity index (χ1n) is 6.13. The van der Waals surface area contributed by atoms with Gasteiger partial charge >= 0.3 is 0 Å². The summed E-state index contributed by atoms with van der Waals surface area (Å²) >= 11 is 1.65. The molecule has 98 valence electrons. The van der Waals surface area contributed by atoms with Crippen LogP contribution in [0.15, 0.2) is 17.6 Å². The summed E-state index contributed by atoms with van der Waals surface area (Å²) in [5.41, 5.74) is 2.50. The van der Waals surface area contributed by atoms with Gasteiger partial charge in [-0.05, 0) is 25.5 Å². The first kappa shape index (κ1) is 13.5. The second-order valence-corrected chi connectivity index (χ2v) is 5.49. The number of nitrogens with zero attached hydrogens (tertiary/aromatic N) is 3. The van der Waals surface area contributed by atoms with E-state index in [1.54, 1.807) is 11.3 Å². The van der Waals surface area contributed by atoms with E-state index in [1.807, 2.05) is 31.5 Å². The molecule has 0 amide bonds. The Morgan fingerprint density at radius 3 is 2.89 bits per heavy atom. The van der Waals surface area contributed by atoms with Crippen LogP contribution in [0, 0.1) is 25.2 Å². The Morgan fingerprint density at radius 2 is 2.26 bits per heavy atom. The van der Waals surface area contributed by atoms with Gasteiger partial charge in [-0.15, -0.1) is 11.3 Å². The van der Waals surface area contributed by atoms with Crippen molar-refractivity contribution in [3.63, 3.8) is 0 Å². The molecule has 1 N–H and O–H groups in total. The minimum Gasteiger partial charge on any atom is -0.368 e. The first-order chi connectivity index (χ1) is 9.11. The Hall–Kier alpha value is -1.93. The molecule has 0 aliphatic carbocycles. The maximum absolute atomic E-state index is 9.20. The van der Waals surface area contributed by atoms with Gasteiger partial charge in [0.2, 0.25) is 0 Å². The van der Waals surface area contributed by atoms with E-state index in [-0.39, 0.29) is 0 Å². The van der Waals surface area contributed by atoms with Crippen molar-refractivity contribution in [1.29, 1.82) is 5.26 Å². The molecular weight excluding hydrogens is 256 g/mol. The molecule has 0 aliphatic rings. The van der Waals surface area contributed by atoms with Gasteiger partial charge in [-0.1, -0.05) is 6.92 Å². The zero-order valence-electron chi connectivity index (χ0n) is 11.3. The van der Waals surface area contributed by atoms with Crippen LogP contribution < -0.4 is 5.32 Å². The molecule has 5 heteroatoms. The molecule has 4 nitrogen and oxygen atoms in total. The maximum Gasteiger partial charge on any atom is 0.144 e. The van der Waals surface area contributed by atoms with E-state index in [4.69, 9.17) is 0 Å². The van der Waals surface area contributed by atoms with Crippen molar-refractivity contribution < 1.29 is 0 Å². The summed E-state index contributed by atoms with van der Waals surface area (Å²) in [4.78, 5) is 8.71. The second-order valence-electron chi connectivity index (χ2n) is 4.57. The summed E-state index contributed by atoms with van der Waals surface area (Å²) < 4.78 is 0. The van der Waals surface area contributed by atoms with E-state index in [9.17, 15) is 5.26 Å². The van der Waals surface area contributed by atoms with Gasteiger partial charge in [-0.2, -0.15) is 5.26 Å². The van der Waals surface area contributed by atoms with Gasteiger partial charge in [0, 0.05) is 29.7 Å². The molecule has 0 saturated carbocycles. The van der Waals surface area contributed by atoms with Gasteiger partial charge in [0.1, 0.15) is 11.9 Å². The number of aromatic nitrogens is 2. The highest BCUT2D eigenvalue weighted by Gasteiger charge is 2.12. The Bertz CT molecular complexity index is 599. The lowest BCUT2D eigenvalue weighted by Crippen LogP contribution is -2.12. The molecule has 0 aromatic carbocycles. The molecule has 2 aromatic heterocycles. The molecule has 2 aromatic rings. The van der Waals surface area contributed by atoms with Crippen molar-refractivity contribution in [2.45, 2.75) is 26.7 Å². The van der Waals surface area contributed by atoms with Crippen LogP contribution in [0.25, 0.3) is 0 Å².